The number of fused-ring (bicyclic) bond motifs is 1. The van der Waals surface area contributed by atoms with Crippen molar-refractivity contribution < 1.29 is 23.1 Å². The predicted molar refractivity (Wildman–Crippen MR) is 83.9 cm³/mol. The van der Waals surface area contributed by atoms with E-state index in [1.54, 1.807) is 25.7 Å². The fourth-order valence-corrected chi connectivity index (χ4v) is 3.54. The Balaban J connectivity index is 1.74. The lowest BCUT2D eigenvalue weighted by Crippen LogP contribution is -2.47. The highest BCUT2D eigenvalue weighted by Crippen LogP contribution is 2.45. The Kier molecular flexibility index (Phi) is 3.89. The van der Waals surface area contributed by atoms with Crippen LogP contribution in [0.25, 0.3) is 0 Å². The summed E-state index contributed by atoms with van der Waals surface area (Å²) in [5, 5.41) is 0. The second-order valence-corrected chi connectivity index (χ2v) is 7.67. The van der Waals surface area contributed by atoms with Gasteiger partial charge in [0, 0.05) is 30.1 Å². The van der Waals surface area contributed by atoms with E-state index in [1.165, 1.54) is 0 Å². The smallest absolute Gasteiger partial charge is 0.410 e. The van der Waals surface area contributed by atoms with Gasteiger partial charge in [0.15, 0.2) is 5.78 Å². The zero-order valence-corrected chi connectivity index (χ0v) is 14.1. The van der Waals surface area contributed by atoms with Crippen LogP contribution in [-0.4, -0.2) is 35.5 Å². The number of ether oxygens (including phenoxy) is 1. The Bertz CT molecular complexity index is 701. The Hall–Kier alpha value is -1.98. The number of Topliss-reactive ketones (excluding diaryl/α,β-unsaturated/α-hetero) is 1. The molecule has 0 N–H and O–H groups in total. The first-order chi connectivity index (χ1) is 11.1. The molecule has 130 valence electrons. The zero-order valence-electron chi connectivity index (χ0n) is 14.1. The van der Waals surface area contributed by atoms with Crippen molar-refractivity contribution >= 4 is 11.9 Å². The summed E-state index contributed by atoms with van der Waals surface area (Å²) in [6.45, 7) is 6.14. The van der Waals surface area contributed by atoms with Crippen LogP contribution in [0.3, 0.4) is 0 Å². The number of carbonyl (C=O) groups is 2. The molecule has 1 aromatic rings. The molecule has 0 bridgehead atoms. The molecule has 1 saturated heterocycles. The van der Waals surface area contributed by atoms with Crippen molar-refractivity contribution in [2.45, 2.75) is 45.6 Å². The van der Waals surface area contributed by atoms with Crippen molar-refractivity contribution in [3.05, 3.63) is 34.9 Å². The van der Waals surface area contributed by atoms with E-state index in [1.807, 2.05) is 0 Å². The second-order valence-electron chi connectivity index (χ2n) is 7.67. The summed E-state index contributed by atoms with van der Waals surface area (Å²) in [6, 6.07) is 1.94. The Morgan fingerprint density at radius 3 is 2.42 bits per heavy atom. The van der Waals surface area contributed by atoms with Gasteiger partial charge in [0.25, 0.3) is 0 Å². The van der Waals surface area contributed by atoms with Crippen LogP contribution in [0.1, 0.15) is 49.5 Å². The highest BCUT2D eigenvalue weighted by molar-refractivity contribution is 6.05. The van der Waals surface area contributed by atoms with Crippen molar-refractivity contribution in [1.82, 2.24) is 4.90 Å². The van der Waals surface area contributed by atoms with Crippen LogP contribution in [0.15, 0.2) is 12.1 Å². The lowest BCUT2D eigenvalue weighted by Gasteiger charge is -2.38. The lowest BCUT2D eigenvalue weighted by molar-refractivity contribution is 0.0113. The van der Waals surface area contributed by atoms with Crippen molar-refractivity contribution in [3.8, 4) is 0 Å². The maximum absolute atomic E-state index is 14.0. The van der Waals surface area contributed by atoms with Gasteiger partial charge in [-0.25, -0.2) is 13.6 Å². The summed E-state index contributed by atoms with van der Waals surface area (Å²) in [5.41, 5.74) is -0.854. The van der Waals surface area contributed by atoms with Crippen molar-refractivity contribution in [3.63, 3.8) is 0 Å². The van der Waals surface area contributed by atoms with Gasteiger partial charge in [-0.15, -0.1) is 0 Å². The number of piperidine rings is 1. The van der Waals surface area contributed by atoms with Crippen LogP contribution >= 0.6 is 0 Å². The maximum Gasteiger partial charge on any atom is 0.410 e. The third-order valence-corrected chi connectivity index (χ3v) is 4.77. The van der Waals surface area contributed by atoms with Gasteiger partial charge < -0.3 is 9.64 Å². The standard InChI is InChI=1S/C18H21F2NO3/c1-17(2,3)24-16(23)21-6-4-18(5-7-21)10-13-12(15(18)22)8-11(19)9-14(13)20/h8-9H,4-7,10H2,1-3H3. The minimum absolute atomic E-state index is 0.151. The third-order valence-electron chi connectivity index (χ3n) is 4.77. The molecule has 1 fully saturated rings. The first-order valence-electron chi connectivity index (χ1n) is 8.12. The highest BCUT2D eigenvalue weighted by Gasteiger charge is 2.49. The molecule has 1 spiro atoms. The molecular formula is C18H21F2NO3. The highest BCUT2D eigenvalue weighted by atomic mass is 19.1. The molecule has 1 aromatic carbocycles. The number of carbonyl (C=O) groups excluding carboxylic acids is 2. The van der Waals surface area contributed by atoms with E-state index in [0.29, 0.717) is 31.5 Å². The molecule has 1 aliphatic heterocycles. The minimum Gasteiger partial charge on any atom is -0.444 e. The summed E-state index contributed by atoms with van der Waals surface area (Å²) in [5.74, 6) is -1.60. The molecule has 2 aliphatic rings. The Morgan fingerprint density at radius 2 is 1.83 bits per heavy atom. The first kappa shape index (κ1) is 16.9. The number of rotatable bonds is 0. The number of ketones is 1. The number of amides is 1. The summed E-state index contributed by atoms with van der Waals surface area (Å²) in [6.07, 6.45) is 0.731. The quantitative estimate of drug-likeness (QED) is 0.725. The molecule has 3 rings (SSSR count). The number of likely N-dealkylation sites (tertiary alicyclic amines) is 1. The predicted octanol–water partition coefficient (Wildman–Crippen LogP) is 3.72. The zero-order chi connectivity index (χ0) is 17.7. The summed E-state index contributed by atoms with van der Waals surface area (Å²) >= 11 is 0. The van der Waals surface area contributed by atoms with Crippen LogP contribution in [-0.2, 0) is 11.2 Å². The monoisotopic (exact) mass is 337 g/mol. The normalized spacial score (nSPS) is 19.5. The molecule has 1 amide bonds. The fourth-order valence-electron chi connectivity index (χ4n) is 3.54. The van der Waals surface area contributed by atoms with Gasteiger partial charge in [-0.3, -0.25) is 4.79 Å². The average molecular weight is 337 g/mol. The number of hydrogen-bond acceptors (Lipinski definition) is 3. The van der Waals surface area contributed by atoms with E-state index in [-0.39, 0.29) is 17.8 Å². The summed E-state index contributed by atoms with van der Waals surface area (Å²) in [4.78, 5) is 26.4. The van der Waals surface area contributed by atoms with E-state index >= 15 is 0 Å². The summed E-state index contributed by atoms with van der Waals surface area (Å²) in [7, 11) is 0. The van der Waals surface area contributed by atoms with E-state index < -0.39 is 28.7 Å². The van der Waals surface area contributed by atoms with Crippen LogP contribution in [0.2, 0.25) is 0 Å². The van der Waals surface area contributed by atoms with Crippen molar-refractivity contribution in [2.75, 3.05) is 13.1 Å². The van der Waals surface area contributed by atoms with E-state index in [0.717, 1.165) is 12.1 Å². The minimum atomic E-state index is -0.733. The molecule has 0 saturated carbocycles. The number of hydrogen-bond donors (Lipinski definition) is 0. The molecule has 24 heavy (non-hydrogen) atoms. The number of halogens is 2. The maximum atomic E-state index is 14.0. The van der Waals surface area contributed by atoms with E-state index in [9.17, 15) is 18.4 Å². The van der Waals surface area contributed by atoms with Crippen molar-refractivity contribution in [1.29, 1.82) is 0 Å². The van der Waals surface area contributed by atoms with Gasteiger partial charge in [-0.1, -0.05) is 0 Å². The number of benzene rings is 1. The van der Waals surface area contributed by atoms with Crippen molar-refractivity contribution in [2.24, 2.45) is 5.41 Å². The second kappa shape index (κ2) is 5.53. The average Bonchev–Trinajstić information content (AvgIpc) is 2.72. The van der Waals surface area contributed by atoms with Gasteiger partial charge in [-0.05, 0) is 51.7 Å². The Morgan fingerprint density at radius 1 is 1.21 bits per heavy atom. The molecule has 0 unspecified atom stereocenters. The fraction of sp³-hybridized carbons (Fsp3) is 0.556. The molecular weight excluding hydrogens is 316 g/mol. The molecule has 0 radical (unpaired) electrons. The summed E-state index contributed by atoms with van der Waals surface area (Å²) < 4.78 is 32.7. The van der Waals surface area contributed by atoms with Crippen LogP contribution in [0.5, 0.6) is 0 Å². The molecule has 1 heterocycles. The van der Waals surface area contributed by atoms with Gasteiger partial charge in [0.05, 0.1) is 0 Å². The lowest BCUT2D eigenvalue weighted by atomic mass is 9.75. The largest absolute Gasteiger partial charge is 0.444 e. The molecule has 4 nitrogen and oxygen atoms in total. The topological polar surface area (TPSA) is 46.6 Å². The Labute approximate surface area is 139 Å². The number of nitrogens with zero attached hydrogens (tertiary/aromatic N) is 1. The molecule has 0 aromatic heterocycles. The van der Waals surface area contributed by atoms with Crippen LogP contribution < -0.4 is 0 Å². The molecule has 6 heteroatoms. The first-order valence-corrected chi connectivity index (χ1v) is 8.12. The van der Waals surface area contributed by atoms with E-state index in [4.69, 9.17) is 4.74 Å². The molecule has 1 aliphatic carbocycles. The molecule has 0 atom stereocenters. The van der Waals surface area contributed by atoms with Gasteiger partial charge in [0.2, 0.25) is 0 Å². The van der Waals surface area contributed by atoms with Gasteiger partial charge >= 0.3 is 6.09 Å². The van der Waals surface area contributed by atoms with Gasteiger partial charge in [0.1, 0.15) is 17.2 Å². The van der Waals surface area contributed by atoms with Crippen LogP contribution in [0.4, 0.5) is 13.6 Å². The SMILES string of the molecule is CC(C)(C)OC(=O)N1CCC2(CC1)Cc1c(F)cc(F)cc1C2=O. The van der Waals surface area contributed by atoms with Crippen LogP contribution in [0, 0.1) is 17.0 Å². The van der Waals surface area contributed by atoms with Gasteiger partial charge in [-0.2, -0.15) is 0 Å². The third kappa shape index (κ3) is 2.89. The van der Waals surface area contributed by atoms with E-state index in [2.05, 4.69) is 0 Å².